The van der Waals surface area contributed by atoms with Gasteiger partial charge in [-0.15, -0.1) is 11.3 Å². The molecule has 0 aliphatic carbocycles. The summed E-state index contributed by atoms with van der Waals surface area (Å²) in [5.74, 6) is -0.754. The zero-order chi connectivity index (χ0) is 18.4. The third kappa shape index (κ3) is 5.12. The number of benzene rings is 1. The van der Waals surface area contributed by atoms with Crippen LogP contribution in [0, 0.1) is 0 Å². The van der Waals surface area contributed by atoms with Crippen LogP contribution in [0.15, 0.2) is 46.7 Å². The van der Waals surface area contributed by atoms with Crippen LogP contribution in [0.25, 0.3) is 0 Å². The summed E-state index contributed by atoms with van der Waals surface area (Å²) in [7, 11) is -2.24. The molecule has 134 valence electrons. The van der Waals surface area contributed by atoms with Gasteiger partial charge in [0.15, 0.2) is 0 Å². The van der Waals surface area contributed by atoms with Crippen molar-refractivity contribution < 1.29 is 18.0 Å². The molecule has 0 saturated carbocycles. The highest BCUT2D eigenvalue weighted by molar-refractivity contribution is 7.89. The van der Waals surface area contributed by atoms with E-state index < -0.39 is 15.9 Å². The van der Waals surface area contributed by atoms with Gasteiger partial charge in [-0.2, -0.15) is 0 Å². The van der Waals surface area contributed by atoms with Crippen molar-refractivity contribution in [3.05, 3.63) is 52.2 Å². The van der Waals surface area contributed by atoms with Crippen LogP contribution in [0.2, 0.25) is 0 Å². The van der Waals surface area contributed by atoms with Crippen molar-refractivity contribution in [3.63, 3.8) is 0 Å². The third-order valence-electron chi connectivity index (χ3n) is 3.45. The van der Waals surface area contributed by atoms with E-state index in [4.69, 9.17) is 0 Å². The summed E-state index contributed by atoms with van der Waals surface area (Å²) in [6.45, 7) is 1.71. The molecule has 1 atom stereocenters. The number of hydrogen-bond acceptors (Lipinski definition) is 5. The normalized spacial score (nSPS) is 12.4. The van der Waals surface area contributed by atoms with E-state index in [1.54, 1.807) is 11.3 Å². The molecular formula is C16H19N3O4S2. The standard InChI is InChI=1S/C16H19N3O4S2/c1-11(14-4-3-9-24-14)19-15(20)10-18-16(21)12-5-7-13(8-6-12)25(22,23)17-2/h3-9,11,17H,10H2,1-2H3,(H,18,21)(H,19,20)/t11-/m1/s1. The molecule has 0 unspecified atom stereocenters. The molecule has 1 aromatic heterocycles. The molecule has 3 N–H and O–H groups in total. The van der Waals surface area contributed by atoms with Crippen molar-refractivity contribution in [2.75, 3.05) is 13.6 Å². The Morgan fingerprint density at radius 2 is 1.84 bits per heavy atom. The Labute approximate surface area is 150 Å². The molecule has 2 rings (SSSR count). The summed E-state index contributed by atoms with van der Waals surface area (Å²) < 4.78 is 25.5. The summed E-state index contributed by atoms with van der Waals surface area (Å²) in [6.07, 6.45) is 0. The molecule has 7 nitrogen and oxygen atoms in total. The van der Waals surface area contributed by atoms with Gasteiger partial charge in [-0.1, -0.05) is 6.07 Å². The van der Waals surface area contributed by atoms with E-state index in [-0.39, 0.29) is 29.0 Å². The van der Waals surface area contributed by atoms with Gasteiger partial charge < -0.3 is 10.6 Å². The first-order valence-electron chi connectivity index (χ1n) is 7.48. The Balaban J connectivity index is 1.88. The number of thiophene rings is 1. The molecule has 0 radical (unpaired) electrons. The molecule has 0 aliphatic heterocycles. The molecule has 0 bridgehead atoms. The lowest BCUT2D eigenvalue weighted by molar-refractivity contribution is -0.120. The molecule has 0 fully saturated rings. The van der Waals surface area contributed by atoms with Gasteiger partial charge in [0.2, 0.25) is 15.9 Å². The van der Waals surface area contributed by atoms with Crippen LogP contribution in [-0.2, 0) is 14.8 Å². The smallest absolute Gasteiger partial charge is 0.251 e. The maximum atomic E-state index is 12.0. The molecule has 1 heterocycles. The number of amides is 2. The quantitative estimate of drug-likeness (QED) is 0.672. The van der Waals surface area contributed by atoms with Crippen LogP contribution in [0.3, 0.4) is 0 Å². The first kappa shape index (κ1) is 19.1. The number of carbonyl (C=O) groups excluding carboxylic acids is 2. The summed E-state index contributed by atoms with van der Waals surface area (Å²) in [4.78, 5) is 25.0. The van der Waals surface area contributed by atoms with Gasteiger partial charge in [-0.3, -0.25) is 9.59 Å². The van der Waals surface area contributed by atoms with E-state index in [9.17, 15) is 18.0 Å². The number of sulfonamides is 1. The molecule has 0 saturated heterocycles. The first-order chi connectivity index (χ1) is 11.8. The van der Waals surface area contributed by atoms with Gasteiger partial charge in [0.25, 0.3) is 5.91 Å². The molecule has 2 aromatic rings. The Morgan fingerprint density at radius 1 is 1.16 bits per heavy atom. The fourth-order valence-corrected chi connectivity index (χ4v) is 3.53. The number of nitrogens with one attached hydrogen (secondary N) is 3. The van der Waals surface area contributed by atoms with Crippen molar-refractivity contribution in [2.24, 2.45) is 0 Å². The average molecular weight is 381 g/mol. The van der Waals surface area contributed by atoms with Crippen LogP contribution >= 0.6 is 11.3 Å². The van der Waals surface area contributed by atoms with E-state index in [0.29, 0.717) is 0 Å². The second-order valence-corrected chi connectivity index (χ2v) is 8.09. The van der Waals surface area contributed by atoms with Crippen LogP contribution in [0.1, 0.15) is 28.2 Å². The van der Waals surface area contributed by atoms with Crippen LogP contribution in [0.4, 0.5) is 0 Å². The summed E-state index contributed by atoms with van der Waals surface area (Å²) in [6, 6.07) is 9.16. The average Bonchev–Trinajstić information content (AvgIpc) is 3.14. The van der Waals surface area contributed by atoms with Gasteiger partial charge in [-0.25, -0.2) is 13.1 Å². The number of carbonyl (C=O) groups is 2. The maximum absolute atomic E-state index is 12.0. The van der Waals surface area contributed by atoms with Gasteiger partial charge in [0.05, 0.1) is 17.5 Å². The summed E-state index contributed by atoms with van der Waals surface area (Å²) >= 11 is 1.54. The molecule has 25 heavy (non-hydrogen) atoms. The van der Waals surface area contributed by atoms with Gasteiger partial charge >= 0.3 is 0 Å². The molecular weight excluding hydrogens is 362 g/mol. The van der Waals surface area contributed by atoms with E-state index in [0.717, 1.165) is 4.88 Å². The predicted octanol–water partition coefficient (Wildman–Crippen LogP) is 1.26. The fraction of sp³-hybridized carbons (Fsp3) is 0.250. The van der Waals surface area contributed by atoms with E-state index >= 15 is 0 Å². The van der Waals surface area contributed by atoms with Gasteiger partial charge in [0.1, 0.15) is 0 Å². The van der Waals surface area contributed by atoms with E-state index in [2.05, 4.69) is 15.4 Å². The molecule has 0 aliphatic rings. The Kier molecular flexibility index (Phi) is 6.29. The summed E-state index contributed by atoms with van der Waals surface area (Å²) in [5, 5.41) is 7.23. The summed E-state index contributed by atoms with van der Waals surface area (Å²) in [5.41, 5.74) is 0.272. The first-order valence-corrected chi connectivity index (χ1v) is 9.84. The topological polar surface area (TPSA) is 104 Å². The lowest BCUT2D eigenvalue weighted by atomic mass is 10.2. The second kappa shape index (κ2) is 8.24. The number of rotatable bonds is 7. The Morgan fingerprint density at radius 3 is 2.40 bits per heavy atom. The number of hydrogen-bond donors (Lipinski definition) is 3. The molecule has 2 amide bonds. The Hall–Kier alpha value is -2.23. The largest absolute Gasteiger partial charge is 0.347 e. The predicted molar refractivity (Wildman–Crippen MR) is 95.9 cm³/mol. The third-order valence-corrected chi connectivity index (χ3v) is 5.94. The minimum atomic E-state index is -3.55. The zero-order valence-electron chi connectivity index (χ0n) is 13.8. The van der Waals surface area contributed by atoms with Crippen molar-refractivity contribution in [2.45, 2.75) is 17.9 Å². The SMILES string of the molecule is CNS(=O)(=O)c1ccc(C(=O)NCC(=O)N[C@H](C)c2cccs2)cc1. The van der Waals surface area contributed by atoms with Crippen molar-refractivity contribution in [1.29, 1.82) is 0 Å². The zero-order valence-corrected chi connectivity index (χ0v) is 15.4. The highest BCUT2D eigenvalue weighted by Crippen LogP contribution is 2.17. The monoisotopic (exact) mass is 381 g/mol. The highest BCUT2D eigenvalue weighted by Gasteiger charge is 2.14. The van der Waals surface area contributed by atoms with Gasteiger partial charge in [0, 0.05) is 10.4 Å². The van der Waals surface area contributed by atoms with E-state index in [1.807, 2.05) is 24.4 Å². The van der Waals surface area contributed by atoms with Crippen LogP contribution < -0.4 is 15.4 Å². The lowest BCUT2D eigenvalue weighted by Gasteiger charge is -2.12. The minimum absolute atomic E-state index is 0.0639. The molecule has 9 heteroatoms. The van der Waals surface area contributed by atoms with Crippen molar-refractivity contribution in [3.8, 4) is 0 Å². The van der Waals surface area contributed by atoms with Crippen LogP contribution in [-0.4, -0.2) is 33.8 Å². The Bertz CT molecular complexity index is 831. The van der Waals surface area contributed by atoms with Crippen LogP contribution in [0.5, 0.6) is 0 Å². The van der Waals surface area contributed by atoms with Crippen molar-refractivity contribution in [1.82, 2.24) is 15.4 Å². The highest BCUT2D eigenvalue weighted by atomic mass is 32.2. The van der Waals surface area contributed by atoms with Crippen molar-refractivity contribution >= 4 is 33.2 Å². The molecule has 0 spiro atoms. The second-order valence-electron chi connectivity index (χ2n) is 5.22. The maximum Gasteiger partial charge on any atom is 0.251 e. The molecule has 1 aromatic carbocycles. The van der Waals surface area contributed by atoms with Gasteiger partial charge in [-0.05, 0) is 49.7 Å². The fourth-order valence-electron chi connectivity index (χ4n) is 2.07. The lowest BCUT2D eigenvalue weighted by Crippen LogP contribution is -2.37. The van der Waals surface area contributed by atoms with E-state index in [1.165, 1.54) is 31.3 Å². The minimum Gasteiger partial charge on any atom is -0.347 e.